The number of aliphatic hydroxyl groups excluding tert-OH is 1. The number of hydrogen-bond acceptors (Lipinski definition) is 3. The summed E-state index contributed by atoms with van der Waals surface area (Å²) in [5.41, 5.74) is -0.310. The van der Waals surface area contributed by atoms with Crippen molar-refractivity contribution in [3.05, 3.63) is 82.9 Å². The smallest absolute Gasteiger partial charge is 0.416 e. The summed E-state index contributed by atoms with van der Waals surface area (Å²) in [4.78, 5) is 4.47. The Balaban J connectivity index is 1.84. The van der Waals surface area contributed by atoms with Gasteiger partial charge in [0.05, 0.1) is 11.1 Å². The van der Waals surface area contributed by atoms with Crippen LogP contribution in [0.15, 0.2) is 65.7 Å². The molecule has 0 spiro atoms. The molecule has 1 atom stereocenters. The average Bonchev–Trinajstić information content (AvgIpc) is 3.05. The van der Waals surface area contributed by atoms with E-state index in [4.69, 9.17) is 4.74 Å². The third-order valence-electron chi connectivity index (χ3n) is 4.96. The molecule has 0 radical (unpaired) electrons. The highest BCUT2D eigenvalue weighted by atomic mass is 19.4. The Morgan fingerprint density at radius 2 is 1.72 bits per heavy atom. The van der Waals surface area contributed by atoms with Crippen LogP contribution in [0, 0.1) is 0 Å². The lowest BCUT2D eigenvalue weighted by atomic mass is 9.93. The first kappa shape index (κ1) is 19.5. The Bertz CT molecular complexity index is 1100. The predicted molar refractivity (Wildman–Crippen MR) is 106 cm³/mol. The number of aliphatic hydroxyl groups is 1. The van der Waals surface area contributed by atoms with Crippen molar-refractivity contribution in [1.82, 2.24) is 0 Å². The Hall–Kier alpha value is -2.86. The third-order valence-corrected chi connectivity index (χ3v) is 4.96. The van der Waals surface area contributed by atoms with Crippen molar-refractivity contribution in [2.75, 3.05) is 6.61 Å². The zero-order valence-electron chi connectivity index (χ0n) is 16.0. The van der Waals surface area contributed by atoms with Gasteiger partial charge in [0.15, 0.2) is 0 Å². The van der Waals surface area contributed by atoms with Gasteiger partial charge >= 0.3 is 6.18 Å². The van der Waals surface area contributed by atoms with E-state index in [0.29, 0.717) is 17.7 Å². The van der Waals surface area contributed by atoms with Gasteiger partial charge in [-0.2, -0.15) is 13.2 Å². The Morgan fingerprint density at radius 1 is 1.00 bits per heavy atom. The van der Waals surface area contributed by atoms with Gasteiger partial charge in [-0.25, -0.2) is 4.99 Å². The quantitative estimate of drug-likeness (QED) is 0.632. The van der Waals surface area contributed by atoms with E-state index >= 15 is 0 Å². The van der Waals surface area contributed by atoms with E-state index in [0.717, 1.165) is 22.9 Å². The second-order valence-corrected chi connectivity index (χ2v) is 7.83. The number of hydrogen-bond donors (Lipinski definition) is 1. The van der Waals surface area contributed by atoms with Gasteiger partial charge in [-0.05, 0) is 60.0 Å². The monoisotopic (exact) mass is 399 g/mol. The zero-order valence-corrected chi connectivity index (χ0v) is 16.0. The number of fused-ring (bicyclic) bond motifs is 1. The van der Waals surface area contributed by atoms with Gasteiger partial charge in [-0.1, -0.05) is 36.4 Å². The van der Waals surface area contributed by atoms with E-state index in [1.54, 1.807) is 12.1 Å². The van der Waals surface area contributed by atoms with Crippen LogP contribution in [0.25, 0.3) is 10.8 Å². The molecule has 4 rings (SSSR count). The minimum atomic E-state index is -4.52. The average molecular weight is 399 g/mol. The van der Waals surface area contributed by atoms with Gasteiger partial charge in [-0.15, -0.1) is 0 Å². The molecule has 0 saturated heterocycles. The highest BCUT2D eigenvalue weighted by molar-refractivity contribution is 5.97. The van der Waals surface area contributed by atoms with Crippen LogP contribution in [0.3, 0.4) is 0 Å². The molecule has 1 N–H and O–H groups in total. The number of benzene rings is 3. The largest absolute Gasteiger partial charge is 0.475 e. The molecule has 1 heterocycles. The van der Waals surface area contributed by atoms with Crippen molar-refractivity contribution in [2.45, 2.75) is 31.7 Å². The first-order valence-electron chi connectivity index (χ1n) is 9.25. The van der Waals surface area contributed by atoms with Gasteiger partial charge in [0, 0.05) is 5.56 Å². The molecule has 3 aromatic carbocycles. The lowest BCUT2D eigenvalue weighted by Gasteiger charge is -2.18. The fraction of sp³-hybridized carbons (Fsp3) is 0.261. The molecule has 1 unspecified atom stereocenters. The Labute approximate surface area is 166 Å². The second kappa shape index (κ2) is 6.88. The zero-order chi connectivity index (χ0) is 20.8. The van der Waals surface area contributed by atoms with Crippen LogP contribution in [0.1, 0.15) is 42.2 Å². The first-order chi connectivity index (χ1) is 13.6. The number of halogens is 3. The van der Waals surface area contributed by atoms with Crippen LogP contribution in [0.2, 0.25) is 0 Å². The van der Waals surface area contributed by atoms with Crippen molar-refractivity contribution in [2.24, 2.45) is 4.99 Å². The van der Waals surface area contributed by atoms with Gasteiger partial charge in [-0.3, -0.25) is 0 Å². The Kier molecular flexibility index (Phi) is 4.62. The minimum Gasteiger partial charge on any atom is -0.475 e. The highest BCUT2D eigenvalue weighted by Crippen LogP contribution is 2.36. The molecule has 0 fully saturated rings. The fourth-order valence-corrected chi connectivity index (χ4v) is 3.44. The molecular formula is C23H20F3NO2. The summed E-state index contributed by atoms with van der Waals surface area (Å²) in [5.74, 6) is 0.249. The molecule has 3 nitrogen and oxygen atoms in total. The van der Waals surface area contributed by atoms with Crippen molar-refractivity contribution in [1.29, 1.82) is 0 Å². The van der Waals surface area contributed by atoms with E-state index in [1.165, 1.54) is 6.07 Å². The fourth-order valence-electron chi connectivity index (χ4n) is 3.44. The SMILES string of the molecule is CC1(C)COC(c2ccc(C(F)(F)F)cc2C(O)c2ccc3ccccc3c2)=N1. The van der Waals surface area contributed by atoms with Crippen LogP contribution >= 0.6 is 0 Å². The molecule has 3 aromatic rings. The second-order valence-electron chi connectivity index (χ2n) is 7.83. The van der Waals surface area contributed by atoms with Crippen LogP contribution in [0.4, 0.5) is 13.2 Å². The molecule has 29 heavy (non-hydrogen) atoms. The number of aliphatic imine (C=N–C) groups is 1. The molecule has 0 aromatic heterocycles. The molecule has 0 bridgehead atoms. The summed E-state index contributed by atoms with van der Waals surface area (Å²) in [6, 6.07) is 16.2. The molecule has 6 heteroatoms. The number of alkyl halides is 3. The molecule has 0 saturated carbocycles. The predicted octanol–water partition coefficient (Wildman–Crippen LogP) is 5.50. The van der Waals surface area contributed by atoms with Crippen molar-refractivity contribution in [3.8, 4) is 0 Å². The van der Waals surface area contributed by atoms with E-state index in [1.807, 2.05) is 44.2 Å². The summed E-state index contributed by atoms with van der Waals surface area (Å²) < 4.78 is 45.6. The molecule has 0 aliphatic carbocycles. The summed E-state index contributed by atoms with van der Waals surface area (Å²) in [6.07, 6.45) is -5.78. The van der Waals surface area contributed by atoms with Crippen LogP contribution in [-0.4, -0.2) is 23.2 Å². The highest BCUT2D eigenvalue weighted by Gasteiger charge is 2.34. The maximum Gasteiger partial charge on any atom is 0.416 e. The molecular weight excluding hydrogens is 379 g/mol. The summed E-state index contributed by atoms with van der Waals surface area (Å²) in [7, 11) is 0. The Morgan fingerprint density at radius 3 is 2.38 bits per heavy atom. The van der Waals surface area contributed by atoms with Crippen LogP contribution < -0.4 is 0 Å². The molecule has 1 aliphatic heterocycles. The summed E-state index contributed by atoms with van der Waals surface area (Å²) in [6.45, 7) is 4.09. The van der Waals surface area contributed by atoms with E-state index < -0.39 is 23.4 Å². The van der Waals surface area contributed by atoms with Crippen molar-refractivity contribution in [3.63, 3.8) is 0 Å². The first-order valence-corrected chi connectivity index (χ1v) is 9.25. The summed E-state index contributed by atoms with van der Waals surface area (Å²) >= 11 is 0. The number of nitrogens with zero attached hydrogens (tertiary/aromatic N) is 1. The summed E-state index contributed by atoms with van der Waals surface area (Å²) in [5, 5.41) is 12.9. The molecule has 0 amide bonds. The van der Waals surface area contributed by atoms with Crippen LogP contribution in [0.5, 0.6) is 0 Å². The standard InChI is InChI=1S/C23H20F3NO2/c1-22(2)13-29-21(27-22)18-10-9-17(23(24,25)26)12-19(18)20(28)16-8-7-14-5-3-4-6-15(14)11-16/h3-12,20,28H,13H2,1-2H3. The van der Waals surface area contributed by atoms with E-state index in [2.05, 4.69) is 4.99 Å². The van der Waals surface area contributed by atoms with Gasteiger partial charge in [0.1, 0.15) is 12.7 Å². The van der Waals surface area contributed by atoms with Crippen molar-refractivity contribution >= 4 is 16.7 Å². The maximum atomic E-state index is 13.3. The topological polar surface area (TPSA) is 41.8 Å². The van der Waals surface area contributed by atoms with Gasteiger partial charge in [0.25, 0.3) is 0 Å². The van der Waals surface area contributed by atoms with Gasteiger partial charge in [0.2, 0.25) is 5.90 Å². The minimum absolute atomic E-state index is 0.117. The number of ether oxygens (including phenoxy) is 1. The molecule has 150 valence electrons. The van der Waals surface area contributed by atoms with Gasteiger partial charge < -0.3 is 9.84 Å². The van der Waals surface area contributed by atoms with Crippen molar-refractivity contribution < 1.29 is 23.0 Å². The van der Waals surface area contributed by atoms with E-state index in [-0.39, 0.29) is 11.5 Å². The van der Waals surface area contributed by atoms with E-state index in [9.17, 15) is 18.3 Å². The lowest BCUT2D eigenvalue weighted by Crippen LogP contribution is -2.17. The third kappa shape index (κ3) is 3.85. The number of rotatable bonds is 3. The maximum absolute atomic E-state index is 13.3. The molecule has 1 aliphatic rings. The normalized spacial score (nSPS) is 17.1. The van der Waals surface area contributed by atoms with Crippen LogP contribution in [-0.2, 0) is 10.9 Å². The lowest BCUT2D eigenvalue weighted by molar-refractivity contribution is -0.137.